The van der Waals surface area contributed by atoms with Crippen LogP contribution in [0.5, 0.6) is 0 Å². The van der Waals surface area contributed by atoms with Gasteiger partial charge in [0, 0.05) is 24.7 Å². The van der Waals surface area contributed by atoms with Gasteiger partial charge in [-0.05, 0) is 44.6 Å². The van der Waals surface area contributed by atoms with E-state index in [-0.39, 0.29) is 0 Å². The van der Waals surface area contributed by atoms with Crippen molar-refractivity contribution in [3.05, 3.63) is 0 Å². The Bertz CT molecular complexity index is 234. The average molecular weight is 238 g/mol. The van der Waals surface area contributed by atoms with Crippen LogP contribution in [0.3, 0.4) is 0 Å². The van der Waals surface area contributed by atoms with E-state index in [1.807, 2.05) is 0 Å². The van der Waals surface area contributed by atoms with E-state index < -0.39 is 0 Å². The minimum absolute atomic E-state index is 0.627. The summed E-state index contributed by atoms with van der Waals surface area (Å²) in [5.41, 5.74) is 0. The summed E-state index contributed by atoms with van der Waals surface area (Å²) < 4.78 is 5.48. The smallest absolute Gasteiger partial charge is 0.0620 e. The van der Waals surface area contributed by atoms with Crippen LogP contribution in [0.1, 0.15) is 44.9 Å². The number of hydrogen-bond acceptors (Lipinski definition) is 3. The Morgan fingerprint density at radius 1 is 1.00 bits per heavy atom. The summed E-state index contributed by atoms with van der Waals surface area (Å²) in [6, 6.07) is 2.16. The largest absolute Gasteiger partial charge is 0.380 e. The summed E-state index contributed by atoms with van der Waals surface area (Å²) in [5.74, 6) is 0.867. The first kappa shape index (κ1) is 11.9. The normalized spacial score (nSPS) is 43.1. The van der Waals surface area contributed by atoms with Gasteiger partial charge in [-0.25, -0.2) is 0 Å². The Hall–Kier alpha value is -0.120. The van der Waals surface area contributed by atoms with Crippen LogP contribution in [0.15, 0.2) is 0 Å². The SMILES string of the molecule is C1CNC(C2CCCCC2NC2CCOC2)C1. The maximum atomic E-state index is 5.48. The van der Waals surface area contributed by atoms with E-state index in [0.717, 1.165) is 31.2 Å². The zero-order chi connectivity index (χ0) is 11.5. The number of rotatable bonds is 3. The molecule has 3 rings (SSSR count). The molecule has 0 spiro atoms. The van der Waals surface area contributed by atoms with Gasteiger partial charge in [0.15, 0.2) is 0 Å². The molecule has 0 aromatic rings. The number of hydrogen-bond donors (Lipinski definition) is 2. The summed E-state index contributed by atoms with van der Waals surface area (Å²) in [4.78, 5) is 0. The van der Waals surface area contributed by atoms with E-state index in [0.29, 0.717) is 6.04 Å². The Morgan fingerprint density at radius 2 is 1.94 bits per heavy atom. The van der Waals surface area contributed by atoms with Gasteiger partial charge in [0.05, 0.1) is 6.61 Å². The molecule has 98 valence electrons. The molecular weight excluding hydrogens is 212 g/mol. The van der Waals surface area contributed by atoms with Crippen LogP contribution in [-0.4, -0.2) is 37.9 Å². The first-order chi connectivity index (χ1) is 8.43. The molecule has 17 heavy (non-hydrogen) atoms. The van der Waals surface area contributed by atoms with Gasteiger partial charge in [-0.15, -0.1) is 0 Å². The monoisotopic (exact) mass is 238 g/mol. The minimum Gasteiger partial charge on any atom is -0.380 e. The minimum atomic E-state index is 0.627. The standard InChI is InChI=1S/C14H26N2O/c1-2-5-14(16-11-7-9-17-10-11)12(4-1)13-6-3-8-15-13/h11-16H,1-10H2. The van der Waals surface area contributed by atoms with Crippen molar-refractivity contribution in [3.63, 3.8) is 0 Å². The van der Waals surface area contributed by atoms with E-state index in [9.17, 15) is 0 Å². The predicted molar refractivity (Wildman–Crippen MR) is 69.1 cm³/mol. The Kier molecular flexibility index (Phi) is 3.99. The van der Waals surface area contributed by atoms with Crippen molar-refractivity contribution in [2.75, 3.05) is 19.8 Å². The van der Waals surface area contributed by atoms with Crippen molar-refractivity contribution in [2.24, 2.45) is 5.92 Å². The Labute approximate surface area is 105 Å². The van der Waals surface area contributed by atoms with E-state index in [1.54, 1.807) is 0 Å². The second-order valence-electron chi connectivity index (χ2n) is 5.98. The molecule has 2 aliphatic heterocycles. The van der Waals surface area contributed by atoms with Crippen LogP contribution in [0, 0.1) is 5.92 Å². The van der Waals surface area contributed by atoms with Crippen molar-refractivity contribution >= 4 is 0 Å². The maximum Gasteiger partial charge on any atom is 0.0620 e. The second-order valence-corrected chi connectivity index (χ2v) is 5.98. The van der Waals surface area contributed by atoms with Crippen molar-refractivity contribution in [3.8, 4) is 0 Å². The molecule has 0 aromatic heterocycles. The van der Waals surface area contributed by atoms with Gasteiger partial charge in [-0.1, -0.05) is 12.8 Å². The predicted octanol–water partition coefficient (Wildman–Crippen LogP) is 1.68. The van der Waals surface area contributed by atoms with Crippen LogP contribution >= 0.6 is 0 Å². The zero-order valence-electron chi connectivity index (χ0n) is 10.8. The number of ether oxygens (including phenoxy) is 1. The lowest BCUT2D eigenvalue weighted by Crippen LogP contribution is -2.50. The fourth-order valence-corrected chi connectivity index (χ4v) is 3.89. The average Bonchev–Trinajstić information content (AvgIpc) is 3.01. The molecule has 1 aliphatic carbocycles. The third kappa shape index (κ3) is 2.83. The van der Waals surface area contributed by atoms with Crippen molar-refractivity contribution in [1.29, 1.82) is 0 Å². The van der Waals surface area contributed by atoms with E-state index in [1.165, 1.54) is 51.5 Å². The van der Waals surface area contributed by atoms with Gasteiger partial charge in [0.1, 0.15) is 0 Å². The molecular formula is C14H26N2O. The first-order valence-corrected chi connectivity index (χ1v) is 7.50. The number of nitrogens with one attached hydrogen (secondary N) is 2. The van der Waals surface area contributed by atoms with E-state index in [4.69, 9.17) is 4.74 Å². The van der Waals surface area contributed by atoms with Gasteiger partial charge in [-0.2, -0.15) is 0 Å². The van der Waals surface area contributed by atoms with Gasteiger partial charge in [-0.3, -0.25) is 0 Å². The molecule has 3 fully saturated rings. The molecule has 0 bridgehead atoms. The molecule has 0 aromatic carbocycles. The molecule has 0 radical (unpaired) electrons. The molecule has 3 aliphatic rings. The maximum absolute atomic E-state index is 5.48. The summed E-state index contributed by atoms with van der Waals surface area (Å²) in [7, 11) is 0. The second kappa shape index (κ2) is 5.68. The first-order valence-electron chi connectivity index (χ1n) is 7.50. The van der Waals surface area contributed by atoms with E-state index >= 15 is 0 Å². The van der Waals surface area contributed by atoms with Gasteiger partial charge in [0.2, 0.25) is 0 Å². The van der Waals surface area contributed by atoms with Crippen LogP contribution in [-0.2, 0) is 4.74 Å². The van der Waals surface area contributed by atoms with Gasteiger partial charge in [0.25, 0.3) is 0 Å². The van der Waals surface area contributed by atoms with Crippen LogP contribution in [0.25, 0.3) is 0 Å². The zero-order valence-corrected chi connectivity index (χ0v) is 10.8. The molecule has 2 heterocycles. The Morgan fingerprint density at radius 3 is 2.71 bits per heavy atom. The highest BCUT2D eigenvalue weighted by molar-refractivity contribution is 4.93. The third-order valence-electron chi connectivity index (χ3n) is 4.81. The molecule has 4 unspecified atom stereocenters. The van der Waals surface area contributed by atoms with Crippen molar-refractivity contribution in [2.45, 2.75) is 63.1 Å². The van der Waals surface area contributed by atoms with Crippen LogP contribution in [0.2, 0.25) is 0 Å². The van der Waals surface area contributed by atoms with Crippen molar-refractivity contribution in [1.82, 2.24) is 10.6 Å². The molecule has 3 nitrogen and oxygen atoms in total. The van der Waals surface area contributed by atoms with E-state index in [2.05, 4.69) is 10.6 Å². The fraction of sp³-hybridized carbons (Fsp3) is 1.00. The van der Waals surface area contributed by atoms with Gasteiger partial charge < -0.3 is 15.4 Å². The lowest BCUT2D eigenvalue weighted by atomic mass is 9.79. The molecule has 2 N–H and O–H groups in total. The summed E-state index contributed by atoms with van der Waals surface area (Å²) in [5, 5.41) is 7.59. The molecule has 4 atom stereocenters. The highest BCUT2D eigenvalue weighted by Crippen LogP contribution is 2.31. The molecule has 3 heteroatoms. The van der Waals surface area contributed by atoms with Crippen molar-refractivity contribution < 1.29 is 4.74 Å². The third-order valence-corrected chi connectivity index (χ3v) is 4.81. The van der Waals surface area contributed by atoms with Crippen LogP contribution in [0.4, 0.5) is 0 Å². The topological polar surface area (TPSA) is 33.3 Å². The quantitative estimate of drug-likeness (QED) is 0.785. The highest BCUT2D eigenvalue weighted by Gasteiger charge is 2.34. The molecule has 2 saturated heterocycles. The highest BCUT2D eigenvalue weighted by atomic mass is 16.5. The van der Waals surface area contributed by atoms with Gasteiger partial charge >= 0.3 is 0 Å². The molecule has 0 amide bonds. The Balaban J connectivity index is 1.58. The van der Waals surface area contributed by atoms with Crippen LogP contribution < -0.4 is 10.6 Å². The summed E-state index contributed by atoms with van der Waals surface area (Å²) in [6.07, 6.45) is 9.62. The fourth-order valence-electron chi connectivity index (χ4n) is 3.89. The lowest BCUT2D eigenvalue weighted by Gasteiger charge is -2.37. The lowest BCUT2D eigenvalue weighted by molar-refractivity contribution is 0.169. The molecule has 1 saturated carbocycles. The summed E-state index contributed by atoms with van der Waals surface area (Å²) >= 11 is 0. The summed E-state index contributed by atoms with van der Waals surface area (Å²) in [6.45, 7) is 3.12.